The molecule has 2 heterocycles. The highest BCUT2D eigenvalue weighted by molar-refractivity contribution is 5.48. The molecule has 5 nitrogen and oxygen atoms in total. The van der Waals surface area contributed by atoms with E-state index in [1.54, 1.807) is 12.5 Å². The van der Waals surface area contributed by atoms with Crippen LogP contribution in [0.1, 0.15) is 24.2 Å². The van der Waals surface area contributed by atoms with E-state index in [1.807, 2.05) is 24.6 Å². The van der Waals surface area contributed by atoms with Gasteiger partial charge in [0.1, 0.15) is 5.69 Å². The molecule has 94 valence electrons. The molecule has 1 saturated carbocycles. The van der Waals surface area contributed by atoms with Crippen molar-refractivity contribution in [3.63, 3.8) is 0 Å². The molecule has 0 spiro atoms. The fourth-order valence-electron chi connectivity index (χ4n) is 1.95. The van der Waals surface area contributed by atoms with Gasteiger partial charge in [-0.05, 0) is 25.8 Å². The van der Waals surface area contributed by atoms with E-state index in [0.717, 1.165) is 29.5 Å². The van der Waals surface area contributed by atoms with E-state index < -0.39 is 0 Å². The van der Waals surface area contributed by atoms with E-state index in [-0.39, 0.29) is 0 Å². The lowest BCUT2D eigenvalue weighted by Crippen LogP contribution is -2.17. The van der Waals surface area contributed by atoms with Gasteiger partial charge < -0.3 is 9.88 Å². The number of rotatable bonds is 4. The monoisotopic (exact) mass is 243 g/mol. The van der Waals surface area contributed by atoms with Gasteiger partial charge >= 0.3 is 0 Å². The Morgan fingerprint density at radius 2 is 2.22 bits per heavy atom. The molecule has 0 saturated heterocycles. The van der Waals surface area contributed by atoms with Crippen LogP contribution in [0.2, 0.25) is 0 Å². The molecule has 1 aliphatic carbocycles. The summed E-state index contributed by atoms with van der Waals surface area (Å²) in [5.74, 6) is 0.752. The van der Waals surface area contributed by atoms with Crippen LogP contribution in [0, 0.1) is 6.92 Å². The molecule has 1 fully saturated rings. The molecule has 0 radical (unpaired) electrons. The van der Waals surface area contributed by atoms with Crippen LogP contribution in [0.15, 0.2) is 18.6 Å². The minimum atomic E-state index is 0.695. The first kappa shape index (κ1) is 11.3. The molecular weight excluding hydrogens is 226 g/mol. The van der Waals surface area contributed by atoms with Crippen molar-refractivity contribution >= 4 is 0 Å². The Balaban J connectivity index is 1.87. The second-order valence-corrected chi connectivity index (χ2v) is 4.87. The van der Waals surface area contributed by atoms with Gasteiger partial charge in [0, 0.05) is 25.3 Å². The van der Waals surface area contributed by atoms with E-state index >= 15 is 0 Å². The summed E-state index contributed by atoms with van der Waals surface area (Å²) in [5, 5.41) is 3.47. The number of nitrogens with zero attached hydrogens (tertiary/aromatic N) is 4. The van der Waals surface area contributed by atoms with Gasteiger partial charge in [-0.15, -0.1) is 0 Å². The first-order valence-electron chi connectivity index (χ1n) is 6.27. The highest BCUT2D eigenvalue weighted by Gasteiger charge is 2.20. The molecule has 0 amide bonds. The molecule has 0 aliphatic heterocycles. The first-order valence-corrected chi connectivity index (χ1v) is 6.27. The SMILES string of the molecule is Cc1cc(CNC2CC2)nc(-c2cncn2C)n1. The average Bonchev–Trinajstić information content (AvgIpc) is 3.07. The molecule has 5 heteroatoms. The summed E-state index contributed by atoms with van der Waals surface area (Å²) in [6.45, 7) is 2.82. The predicted molar refractivity (Wildman–Crippen MR) is 68.8 cm³/mol. The number of imidazole rings is 1. The van der Waals surface area contributed by atoms with Gasteiger partial charge in [0.05, 0.1) is 18.2 Å². The normalized spacial score (nSPS) is 15.0. The Kier molecular flexibility index (Phi) is 2.83. The Labute approximate surface area is 106 Å². The number of hydrogen-bond donors (Lipinski definition) is 1. The molecule has 0 unspecified atom stereocenters. The number of hydrogen-bond acceptors (Lipinski definition) is 4. The molecular formula is C13H17N5. The van der Waals surface area contributed by atoms with Crippen LogP contribution >= 0.6 is 0 Å². The van der Waals surface area contributed by atoms with E-state index in [4.69, 9.17) is 0 Å². The van der Waals surface area contributed by atoms with Crippen molar-refractivity contribution in [3.05, 3.63) is 30.0 Å². The quantitative estimate of drug-likeness (QED) is 0.882. The second-order valence-electron chi connectivity index (χ2n) is 4.87. The van der Waals surface area contributed by atoms with Gasteiger partial charge in [-0.3, -0.25) is 0 Å². The molecule has 2 aromatic heterocycles. The highest BCUT2D eigenvalue weighted by atomic mass is 15.1. The van der Waals surface area contributed by atoms with Crippen molar-refractivity contribution in [1.82, 2.24) is 24.8 Å². The van der Waals surface area contributed by atoms with Crippen LogP contribution < -0.4 is 5.32 Å². The summed E-state index contributed by atoms with van der Waals surface area (Å²) in [5.41, 5.74) is 2.99. The molecule has 0 bridgehead atoms. The Morgan fingerprint density at radius 3 is 2.89 bits per heavy atom. The van der Waals surface area contributed by atoms with E-state index in [1.165, 1.54) is 12.8 Å². The van der Waals surface area contributed by atoms with Crippen molar-refractivity contribution in [2.24, 2.45) is 7.05 Å². The summed E-state index contributed by atoms with van der Waals surface area (Å²) in [6, 6.07) is 2.73. The van der Waals surface area contributed by atoms with Gasteiger partial charge in [0.15, 0.2) is 5.82 Å². The van der Waals surface area contributed by atoms with Crippen molar-refractivity contribution < 1.29 is 0 Å². The standard InChI is InChI=1S/C13H17N5/c1-9-5-11(6-15-10-3-4-10)17-13(16-9)12-7-14-8-18(12)2/h5,7-8,10,15H,3-4,6H2,1-2H3. The fraction of sp³-hybridized carbons (Fsp3) is 0.462. The number of aromatic nitrogens is 4. The third-order valence-electron chi connectivity index (χ3n) is 3.10. The molecule has 0 aromatic carbocycles. The Bertz CT molecular complexity index is 556. The zero-order valence-electron chi connectivity index (χ0n) is 10.7. The Hall–Kier alpha value is -1.75. The third-order valence-corrected chi connectivity index (χ3v) is 3.10. The van der Waals surface area contributed by atoms with Gasteiger partial charge in [-0.25, -0.2) is 15.0 Å². The smallest absolute Gasteiger partial charge is 0.178 e. The summed E-state index contributed by atoms with van der Waals surface area (Å²) < 4.78 is 1.94. The van der Waals surface area contributed by atoms with Crippen LogP contribution in [0.5, 0.6) is 0 Å². The third kappa shape index (κ3) is 2.41. The summed E-state index contributed by atoms with van der Waals surface area (Å²) in [4.78, 5) is 13.2. The molecule has 18 heavy (non-hydrogen) atoms. The minimum Gasteiger partial charge on any atom is -0.331 e. The van der Waals surface area contributed by atoms with Gasteiger partial charge in [-0.2, -0.15) is 0 Å². The predicted octanol–water partition coefficient (Wildman–Crippen LogP) is 1.44. The molecule has 1 aliphatic rings. The topological polar surface area (TPSA) is 55.6 Å². The van der Waals surface area contributed by atoms with E-state index in [2.05, 4.69) is 20.3 Å². The van der Waals surface area contributed by atoms with Gasteiger partial charge in [-0.1, -0.05) is 0 Å². The van der Waals surface area contributed by atoms with Crippen molar-refractivity contribution in [2.45, 2.75) is 32.4 Å². The molecule has 3 rings (SSSR count). The summed E-state index contributed by atoms with van der Waals surface area (Å²) in [7, 11) is 1.95. The average molecular weight is 243 g/mol. The van der Waals surface area contributed by atoms with Crippen molar-refractivity contribution in [2.75, 3.05) is 0 Å². The largest absolute Gasteiger partial charge is 0.331 e. The first-order chi connectivity index (χ1) is 8.72. The second kappa shape index (κ2) is 4.49. The molecule has 0 atom stereocenters. The number of nitrogens with one attached hydrogen (secondary N) is 1. The summed E-state index contributed by atoms with van der Waals surface area (Å²) in [6.07, 6.45) is 6.15. The Morgan fingerprint density at radius 1 is 1.39 bits per heavy atom. The van der Waals surface area contributed by atoms with Crippen LogP contribution in [0.4, 0.5) is 0 Å². The van der Waals surface area contributed by atoms with Gasteiger partial charge in [0.2, 0.25) is 0 Å². The molecule has 1 N–H and O–H groups in total. The van der Waals surface area contributed by atoms with Crippen LogP contribution in [-0.2, 0) is 13.6 Å². The fourth-order valence-corrected chi connectivity index (χ4v) is 1.95. The van der Waals surface area contributed by atoms with Crippen LogP contribution in [0.25, 0.3) is 11.5 Å². The van der Waals surface area contributed by atoms with E-state index in [9.17, 15) is 0 Å². The van der Waals surface area contributed by atoms with Crippen molar-refractivity contribution in [1.29, 1.82) is 0 Å². The maximum absolute atomic E-state index is 4.60. The summed E-state index contributed by atoms with van der Waals surface area (Å²) >= 11 is 0. The van der Waals surface area contributed by atoms with E-state index in [0.29, 0.717) is 6.04 Å². The lowest BCUT2D eigenvalue weighted by atomic mass is 10.3. The van der Waals surface area contributed by atoms with Gasteiger partial charge in [0.25, 0.3) is 0 Å². The molecule has 2 aromatic rings. The maximum atomic E-state index is 4.60. The minimum absolute atomic E-state index is 0.695. The maximum Gasteiger partial charge on any atom is 0.178 e. The van der Waals surface area contributed by atoms with Crippen LogP contribution in [-0.4, -0.2) is 25.6 Å². The zero-order valence-corrected chi connectivity index (χ0v) is 10.7. The number of aryl methyl sites for hydroxylation is 2. The highest BCUT2D eigenvalue weighted by Crippen LogP contribution is 2.20. The lowest BCUT2D eigenvalue weighted by Gasteiger charge is -2.07. The van der Waals surface area contributed by atoms with Crippen molar-refractivity contribution in [3.8, 4) is 11.5 Å². The zero-order chi connectivity index (χ0) is 12.5. The van der Waals surface area contributed by atoms with Crippen LogP contribution in [0.3, 0.4) is 0 Å². The lowest BCUT2D eigenvalue weighted by molar-refractivity contribution is 0.672.